The first-order chi connectivity index (χ1) is 16.6. The molecule has 1 amide bonds. The molecule has 3 heterocycles. The number of pyridine rings is 1. The highest BCUT2D eigenvalue weighted by Crippen LogP contribution is 2.45. The summed E-state index contributed by atoms with van der Waals surface area (Å²) in [6.45, 7) is 4.19. The smallest absolute Gasteiger partial charge is 0.295 e. The highest BCUT2D eigenvalue weighted by Gasteiger charge is 2.47. The maximum Gasteiger partial charge on any atom is 0.295 e. The summed E-state index contributed by atoms with van der Waals surface area (Å²) in [5.41, 5.74) is 1.00. The van der Waals surface area contributed by atoms with E-state index >= 15 is 0 Å². The van der Waals surface area contributed by atoms with E-state index in [4.69, 9.17) is 14.2 Å². The molecule has 0 spiro atoms. The SMILES string of the molecule is COc1cccc(C2C(=C(O)c3ccncc3)C(=O)C(=O)N2CCCN2CCOCC2)c1OC. The van der Waals surface area contributed by atoms with Crippen molar-refractivity contribution in [2.45, 2.75) is 12.5 Å². The number of nitrogens with zero attached hydrogens (tertiary/aromatic N) is 3. The minimum Gasteiger partial charge on any atom is -0.507 e. The Morgan fingerprint density at radius 2 is 1.82 bits per heavy atom. The third kappa shape index (κ3) is 4.62. The number of methoxy groups -OCH3 is 2. The Morgan fingerprint density at radius 1 is 1.09 bits per heavy atom. The predicted molar refractivity (Wildman–Crippen MR) is 125 cm³/mol. The highest BCUT2D eigenvalue weighted by molar-refractivity contribution is 6.46. The number of amides is 1. The Morgan fingerprint density at radius 3 is 2.50 bits per heavy atom. The molecule has 4 rings (SSSR count). The molecule has 0 bridgehead atoms. The van der Waals surface area contributed by atoms with Gasteiger partial charge in [0.15, 0.2) is 11.5 Å². The second kappa shape index (κ2) is 10.7. The summed E-state index contributed by atoms with van der Waals surface area (Å²) >= 11 is 0. The predicted octanol–water partition coefficient (Wildman–Crippen LogP) is 2.24. The van der Waals surface area contributed by atoms with E-state index in [1.807, 2.05) is 0 Å². The van der Waals surface area contributed by atoms with Crippen molar-refractivity contribution in [1.82, 2.24) is 14.8 Å². The minimum absolute atomic E-state index is 0.0223. The van der Waals surface area contributed by atoms with Crippen LogP contribution in [-0.4, -0.2) is 85.2 Å². The first-order valence-corrected chi connectivity index (χ1v) is 11.3. The molecule has 34 heavy (non-hydrogen) atoms. The second-order valence-electron chi connectivity index (χ2n) is 8.12. The van der Waals surface area contributed by atoms with Crippen LogP contribution in [0.25, 0.3) is 5.76 Å². The van der Waals surface area contributed by atoms with Crippen LogP contribution in [0.5, 0.6) is 11.5 Å². The number of aromatic nitrogens is 1. The van der Waals surface area contributed by atoms with Crippen molar-refractivity contribution < 1.29 is 28.9 Å². The summed E-state index contributed by atoms with van der Waals surface area (Å²) in [5, 5.41) is 11.1. The summed E-state index contributed by atoms with van der Waals surface area (Å²) in [6, 6.07) is 7.68. The van der Waals surface area contributed by atoms with Crippen molar-refractivity contribution in [3.63, 3.8) is 0 Å². The molecule has 2 aliphatic heterocycles. The number of benzene rings is 1. The monoisotopic (exact) mass is 467 g/mol. The largest absolute Gasteiger partial charge is 0.507 e. The zero-order chi connectivity index (χ0) is 24.1. The van der Waals surface area contributed by atoms with E-state index < -0.39 is 17.7 Å². The molecular formula is C25H29N3O6. The van der Waals surface area contributed by atoms with E-state index in [0.29, 0.717) is 48.8 Å². The lowest BCUT2D eigenvalue weighted by Gasteiger charge is -2.29. The second-order valence-corrected chi connectivity index (χ2v) is 8.12. The molecule has 180 valence electrons. The third-order valence-corrected chi connectivity index (χ3v) is 6.20. The molecule has 1 aromatic heterocycles. The number of hydrogen-bond acceptors (Lipinski definition) is 8. The Kier molecular flexibility index (Phi) is 7.44. The van der Waals surface area contributed by atoms with E-state index in [1.54, 1.807) is 30.3 Å². The number of para-hydroxylation sites is 1. The summed E-state index contributed by atoms with van der Waals surface area (Å²) in [5.74, 6) is -0.729. The topological polar surface area (TPSA) is 101 Å². The van der Waals surface area contributed by atoms with Crippen molar-refractivity contribution in [2.75, 3.05) is 53.6 Å². The van der Waals surface area contributed by atoms with Gasteiger partial charge in [-0.05, 0) is 24.6 Å². The number of aliphatic hydroxyl groups is 1. The molecule has 1 unspecified atom stereocenters. The Balaban J connectivity index is 1.74. The van der Waals surface area contributed by atoms with Gasteiger partial charge < -0.3 is 24.2 Å². The molecule has 2 aromatic rings. The lowest BCUT2D eigenvalue weighted by Crippen LogP contribution is -2.39. The van der Waals surface area contributed by atoms with Crippen LogP contribution in [0.3, 0.4) is 0 Å². The number of aliphatic hydroxyl groups excluding tert-OH is 1. The van der Waals surface area contributed by atoms with Gasteiger partial charge in [0.05, 0.1) is 39.0 Å². The average Bonchev–Trinajstić information content (AvgIpc) is 3.13. The van der Waals surface area contributed by atoms with Gasteiger partial charge in [0.25, 0.3) is 11.7 Å². The summed E-state index contributed by atoms with van der Waals surface area (Å²) in [6.07, 6.45) is 3.72. The number of hydrogen-bond donors (Lipinski definition) is 1. The number of likely N-dealkylation sites (tertiary alicyclic amines) is 1. The van der Waals surface area contributed by atoms with E-state index in [1.165, 1.54) is 31.5 Å². The Labute approximate surface area is 198 Å². The fourth-order valence-electron chi connectivity index (χ4n) is 4.52. The van der Waals surface area contributed by atoms with Crippen LogP contribution >= 0.6 is 0 Å². The van der Waals surface area contributed by atoms with Gasteiger partial charge in [0.2, 0.25) is 0 Å². The lowest BCUT2D eigenvalue weighted by atomic mass is 9.94. The molecule has 0 radical (unpaired) electrons. The summed E-state index contributed by atoms with van der Waals surface area (Å²) in [7, 11) is 3.03. The normalized spacial score (nSPS) is 20.5. The van der Waals surface area contributed by atoms with Crippen LogP contribution in [0.15, 0.2) is 48.3 Å². The van der Waals surface area contributed by atoms with Gasteiger partial charge in [0, 0.05) is 49.7 Å². The van der Waals surface area contributed by atoms with Crippen LogP contribution in [0.2, 0.25) is 0 Å². The number of carbonyl (C=O) groups excluding carboxylic acids is 2. The Bertz CT molecular complexity index is 1070. The minimum atomic E-state index is -0.817. The molecule has 1 aromatic carbocycles. The standard InChI is InChI=1S/C25H29N3O6/c1-32-19-6-3-5-18(24(19)33-2)21-20(22(29)17-7-9-26-10-8-17)23(30)25(31)28(21)12-4-11-27-13-15-34-16-14-27/h3,5-10,21,29H,4,11-16H2,1-2H3. The van der Waals surface area contributed by atoms with Crippen molar-refractivity contribution >= 4 is 17.4 Å². The van der Waals surface area contributed by atoms with Gasteiger partial charge in [-0.2, -0.15) is 0 Å². The van der Waals surface area contributed by atoms with Gasteiger partial charge in [0.1, 0.15) is 5.76 Å². The van der Waals surface area contributed by atoms with Crippen LogP contribution in [-0.2, 0) is 14.3 Å². The van der Waals surface area contributed by atoms with Crippen LogP contribution in [0.1, 0.15) is 23.6 Å². The maximum atomic E-state index is 13.2. The summed E-state index contributed by atoms with van der Waals surface area (Å²) < 4.78 is 16.5. The number of Topliss-reactive ketones (excluding diaryl/α,β-unsaturated/α-hetero) is 1. The van der Waals surface area contributed by atoms with Crippen LogP contribution < -0.4 is 9.47 Å². The fourth-order valence-corrected chi connectivity index (χ4v) is 4.52. The first-order valence-electron chi connectivity index (χ1n) is 11.3. The van der Waals surface area contributed by atoms with Crippen LogP contribution in [0, 0.1) is 0 Å². The van der Waals surface area contributed by atoms with Gasteiger partial charge in [-0.25, -0.2) is 0 Å². The van der Waals surface area contributed by atoms with Crippen molar-refractivity contribution in [3.05, 3.63) is 59.4 Å². The van der Waals surface area contributed by atoms with E-state index in [-0.39, 0.29) is 11.3 Å². The number of rotatable bonds is 8. The fraction of sp³-hybridized carbons (Fsp3) is 0.400. The number of ether oxygens (including phenoxy) is 3. The van der Waals surface area contributed by atoms with Crippen molar-refractivity contribution in [2.24, 2.45) is 0 Å². The van der Waals surface area contributed by atoms with E-state index in [2.05, 4.69) is 9.88 Å². The van der Waals surface area contributed by atoms with Gasteiger partial charge in [-0.15, -0.1) is 0 Å². The zero-order valence-corrected chi connectivity index (χ0v) is 19.4. The molecule has 2 saturated heterocycles. The van der Waals surface area contributed by atoms with Gasteiger partial charge in [-0.3, -0.25) is 19.5 Å². The number of morpholine rings is 1. The molecule has 1 N–H and O–H groups in total. The average molecular weight is 468 g/mol. The molecule has 9 nitrogen and oxygen atoms in total. The third-order valence-electron chi connectivity index (χ3n) is 6.20. The summed E-state index contributed by atoms with van der Waals surface area (Å²) in [4.78, 5) is 34.2. The quantitative estimate of drug-likeness (QED) is 0.358. The maximum absolute atomic E-state index is 13.2. The number of ketones is 1. The molecule has 2 fully saturated rings. The zero-order valence-electron chi connectivity index (χ0n) is 19.4. The first kappa shape index (κ1) is 23.7. The number of carbonyl (C=O) groups is 2. The van der Waals surface area contributed by atoms with E-state index in [9.17, 15) is 14.7 Å². The molecule has 2 aliphatic rings. The molecule has 0 aliphatic carbocycles. The van der Waals surface area contributed by atoms with Crippen molar-refractivity contribution in [1.29, 1.82) is 0 Å². The highest BCUT2D eigenvalue weighted by atomic mass is 16.5. The van der Waals surface area contributed by atoms with Gasteiger partial charge >= 0.3 is 0 Å². The molecule has 1 atom stereocenters. The van der Waals surface area contributed by atoms with E-state index in [0.717, 1.165) is 19.6 Å². The lowest BCUT2D eigenvalue weighted by molar-refractivity contribution is -0.140. The molecule has 0 saturated carbocycles. The molecular weight excluding hydrogens is 438 g/mol. The van der Waals surface area contributed by atoms with Gasteiger partial charge in [-0.1, -0.05) is 12.1 Å². The molecule has 9 heteroatoms. The van der Waals surface area contributed by atoms with Crippen molar-refractivity contribution in [3.8, 4) is 11.5 Å². The Hall–Kier alpha value is -3.43. The van der Waals surface area contributed by atoms with Crippen LogP contribution in [0.4, 0.5) is 0 Å².